The van der Waals surface area contributed by atoms with Crippen LogP contribution in [0.4, 0.5) is 0 Å². The fourth-order valence-corrected chi connectivity index (χ4v) is 3.08. The van der Waals surface area contributed by atoms with Crippen LogP contribution in [0.15, 0.2) is 52.1 Å². The van der Waals surface area contributed by atoms with Crippen LogP contribution in [-0.4, -0.2) is 23.1 Å². The van der Waals surface area contributed by atoms with Gasteiger partial charge >= 0.3 is 0 Å². The Morgan fingerprint density at radius 3 is 2.72 bits per heavy atom. The quantitative estimate of drug-likeness (QED) is 0.524. The number of hydrogen-bond donors (Lipinski definition) is 2. The van der Waals surface area contributed by atoms with Crippen molar-refractivity contribution in [2.75, 3.05) is 7.05 Å². The van der Waals surface area contributed by atoms with E-state index < -0.39 is 0 Å². The molecule has 0 spiro atoms. The highest BCUT2D eigenvalue weighted by Gasteiger charge is 2.07. The molecule has 0 bridgehead atoms. The van der Waals surface area contributed by atoms with Gasteiger partial charge in [0.1, 0.15) is 10.7 Å². The van der Waals surface area contributed by atoms with Crippen LogP contribution >= 0.6 is 11.3 Å². The molecule has 6 nitrogen and oxygen atoms in total. The summed E-state index contributed by atoms with van der Waals surface area (Å²) >= 11 is 1.72. The van der Waals surface area contributed by atoms with E-state index in [1.807, 2.05) is 42.6 Å². The van der Waals surface area contributed by atoms with Crippen molar-refractivity contribution in [3.05, 3.63) is 58.2 Å². The summed E-state index contributed by atoms with van der Waals surface area (Å²) in [5.74, 6) is 1.47. The van der Waals surface area contributed by atoms with Crippen molar-refractivity contribution >= 4 is 17.3 Å². The molecule has 0 radical (unpaired) electrons. The van der Waals surface area contributed by atoms with Gasteiger partial charge in [0.05, 0.1) is 13.1 Å². The molecule has 0 atom stereocenters. The van der Waals surface area contributed by atoms with Gasteiger partial charge in [0.2, 0.25) is 0 Å². The zero-order valence-corrected chi connectivity index (χ0v) is 15.1. The van der Waals surface area contributed by atoms with Gasteiger partial charge < -0.3 is 15.2 Å². The van der Waals surface area contributed by atoms with Crippen LogP contribution in [0.5, 0.6) is 0 Å². The number of nitrogens with one attached hydrogen (secondary N) is 2. The first-order valence-corrected chi connectivity index (χ1v) is 8.99. The van der Waals surface area contributed by atoms with Crippen LogP contribution in [-0.2, 0) is 19.5 Å². The normalized spacial score (nSPS) is 11.5. The van der Waals surface area contributed by atoms with Crippen molar-refractivity contribution in [3.8, 4) is 11.3 Å². The summed E-state index contributed by atoms with van der Waals surface area (Å²) in [6.07, 6.45) is 2.94. The number of aryl methyl sites for hydroxylation is 1. The molecule has 3 aromatic rings. The van der Waals surface area contributed by atoms with Gasteiger partial charge in [-0.25, -0.2) is 4.98 Å². The Balaban J connectivity index is 1.52. The van der Waals surface area contributed by atoms with Crippen molar-refractivity contribution in [2.45, 2.75) is 26.4 Å². The average molecular weight is 355 g/mol. The van der Waals surface area contributed by atoms with Gasteiger partial charge in [-0.05, 0) is 6.42 Å². The van der Waals surface area contributed by atoms with Gasteiger partial charge in [0.15, 0.2) is 11.7 Å². The van der Waals surface area contributed by atoms with E-state index >= 15 is 0 Å². The second-order valence-electron chi connectivity index (χ2n) is 5.40. The lowest BCUT2D eigenvalue weighted by molar-refractivity contribution is 0.422. The van der Waals surface area contributed by atoms with Crippen molar-refractivity contribution in [1.82, 2.24) is 20.8 Å². The Hall–Kier alpha value is -2.67. The standard InChI is InChI=1S/C18H21N5OS/c1-3-15-11-20-17(25-15)12-22-18(19-2)21-10-14-9-16(24-23-14)13-7-5-4-6-8-13/h4-9,11H,3,10,12H2,1-2H3,(H2,19,21,22). The summed E-state index contributed by atoms with van der Waals surface area (Å²) in [5.41, 5.74) is 1.84. The molecule has 1 aromatic carbocycles. The molecule has 0 amide bonds. The van der Waals surface area contributed by atoms with E-state index in [0.29, 0.717) is 19.0 Å². The number of hydrogen-bond acceptors (Lipinski definition) is 5. The first-order chi connectivity index (χ1) is 12.3. The number of thiazole rings is 1. The van der Waals surface area contributed by atoms with Crippen molar-refractivity contribution < 1.29 is 4.52 Å². The monoisotopic (exact) mass is 355 g/mol. The molecule has 3 rings (SSSR count). The minimum absolute atomic E-state index is 0.536. The highest BCUT2D eigenvalue weighted by atomic mass is 32.1. The first-order valence-electron chi connectivity index (χ1n) is 8.17. The van der Waals surface area contributed by atoms with Gasteiger partial charge in [-0.2, -0.15) is 0 Å². The molecular formula is C18H21N5OS. The van der Waals surface area contributed by atoms with E-state index in [1.54, 1.807) is 18.4 Å². The minimum Gasteiger partial charge on any atom is -0.356 e. The first kappa shape index (κ1) is 17.2. The highest BCUT2D eigenvalue weighted by Crippen LogP contribution is 2.19. The Bertz CT molecular complexity index is 825. The lowest BCUT2D eigenvalue weighted by Crippen LogP contribution is -2.36. The van der Waals surface area contributed by atoms with Crippen molar-refractivity contribution in [1.29, 1.82) is 0 Å². The van der Waals surface area contributed by atoms with E-state index in [2.05, 4.69) is 32.7 Å². The number of aliphatic imine (C=N–C) groups is 1. The molecule has 2 heterocycles. The number of guanidine groups is 1. The van der Waals surface area contributed by atoms with E-state index in [4.69, 9.17) is 4.52 Å². The second kappa shape index (κ2) is 8.43. The van der Waals surface area contributed by atoms with Gasteiger partial charge in [-0.1, -0.05) is 42.4 Å². The summed E-state index contributed by atoms with van der Waals surface area (Å²) in [6, 6.07) is 11.9. The fraction of sp³-hybridized carbons (Fsp3) is 0.278. The summed E-state index contributed by atoms with van der Waals surface area (Å²) in [4.78, 5) is 9.91. The Morgan fingerprint density at radius 2 is 2.00 bits per heavy atom. The van der Waals surface area contributed by atoms with Crippen molar-refractivity contribution in [3.63, 3.8) is 0 Å². The van der Waals surface area contributed by atoms with Crippen molar-refractivity contribution in [2.24, 2.45) is 4.99 Å². The van der Waals surface area contributed by atoms with Crippen LogP contribution in [0.2, 0.25) is 0 Å². The van der Waals surface area contributed by atoms with Crippen LogP contribution in [0.1, 0.15) is 22.5 Å². The Kier molecular flexibility index (Phi) is 5.79. The molecule has 2 aromatic heterocycles. The minimum atomic E-state index is 0.536. The molecule has 25 heavy (non-hydrogen) atoms. The molecule has 0 fully saturated rings. The molecule has 2 N–H and O–H groups in total. The molecule has 0 aliphatic carbocycles. The van der Waals surface area contributed by atoms with Gasteiger partial charge in [0.25, 0.3) is 0 Å². The Morgan fingerprint density at radius 1 is 1.20 bits per heavy atom. The maximum absolute atomic E-state index is 5.40. The summed E-state index contributed by atoms with van der Waals surface area (Å²) in [7, 11) is 1.74. The largest absolute Gasteiger partial charge is 0.356 e. The average Bonchev–Trinajstić information content (AvgIpc) is 3.32. The highest BCUT2D eigenvalue weighted by molar-refractivity contribution is 7.11. The smallest absolute Gasteiger partial charge is 0.191 e. The van der Waals surface area contributed by atoms with E-state index in [-0.39, 0.29) is 0 Å². The van der Waals surface area contributed by atoms with Crippen LogP contribution in [0.3, 0.4) is 0 Å². The summed E-state index contributed by atoms with van der Waals surface area (Å²) in [6.45, 7) is 3.32. The predicted molar refractivity (Wildman–Crippen MR) is 100 cm³/mol. The molecule has 130 valence electrons. The van der Waals surface area contributed by atoms with E-state index in [9.17, 15) is 0 Å². The third kappa shape index (κ3) is 4.67. The third-order valence-corrected chi connectivity index (χ3v) is 4.78. The fourth-order valence-electron chi connectivity index (χ4n) is 2.28. The zero-order chi connectivity index (χ0) is 17.5. The molecule has 0 saturated heterocycles. The van der Waals surface area contributed by atoms with Crippen LogP contribution in [0, 0.1) is 0 Å². The summed E-state index contributed by atoms with van der Waals surface area (Å²) in [5, 5.41) is 11.6. The molecule has 0 unspecified atom stereocenters. The summed E-state index contributed by atoms with van der Waals surface area (Å²) < 4.78 is 5.40. The Labute approximate surface area is 151 Å². The van der Waals surface area contributed by atoms with Crippen LogP contribution < -0.4 is 10.6 Å². The van der Waals surface area contributed by atoms with Gasteiger partial charge in [-0.3, -0.25) is 4.99 Å². The van der Waals surface area contributed by atoms with E-state index in [1.165, 1.54) is 4.88 Å². The van der Waals surface area contributed by atoms with Gasteiger partial charge in [-0.15, -0.1) is 11.3 Å². The number of aromatic nitrogens is 2. The molecule has 0 saturated carbocycles. The third-order valence-electron chi connectivity index (χ3n) is 3.63. The topological polar surface area (TPSA) is 75.3 Å². The number of nitrogens with zero attached hydrogens (tertiary/aromatic N) is 3. The molecule has 7 heteroatoms. The predicted octanol–water partition coefficient (Wildman–Crippen LogP) is 3.23. The lowest BCUT2D eigenvalue weighted by Gasteiger charge is -2.09. The van der Waals surface area contributed by atoms with Gasteiger partial charge in [0, 0.05) is 29.8 Å². The molecule has 0 aliphatic heterocycles. The van der Waals surface area contributed by atoms with Crippen LogP contribution in [0.25, 0.3) is 11.3 Å². The SMILES string of the molecule is CCc1cnc(CNC(=NC)NCc2cc(-c3ccccc3)on2)s1. The second-order valence-corrected chi connectivity index (χ2v) is 6.60. The lowest BCUT2D eigenvalue weighted by atomic mass is 10.2. The molecular weight excluding hydrogens is 334 g/mol. The molecule has 0 aliphatic rings. The van der Waals surface area contributed by atoms with E-state index in [0.717, 1.165) is 28.4 Å². The number of rotatable bonds is 6. The zero-order valence-electron chi connectivity index (χ0n) is 14.3. The maximum atomic E-state index is 5.40. The maximum Gasteiger partial charge on any atom is 0.191 e. The number of benzene rings is 1.